The van der Waals surface area contributed by atoms with Gasteiger partial charge in [-0.05, 0) is 35.9 Å². The van der Waals surface area contributed by atoms with E-state index in [1.165, 1.54) is 5.56 Å². The molecule has 136 valence electrons. The Morgan fingerprint density at radius 3 is 2.65 bits per heavy atom. The van der Waals surface area contributed by atoms with Crippen molar-refractivity contribution in [1.29, 1.82) is 0 Å². The van der Waals surface area contributed by atoms with Gasteiger partial charge in [-0.1, -0.05) is 23.7 Å². The molecule has 2 aliphatic heterocycles. The molecule has 1 saturated heterocycles. The van der Waals surface area contributed by atoms with Crippen LogP contribution in [0.1, 0.15) is 5.56 Å². The topological polar surface area (TPSA) is 54.0 Å². The van der Waals surface area contributed by atoms with Gasteiger partial charge in [0.25, 0.3) is 0 Å². The molecule has 0 aliphatic carbocycles. The number of ether oxygens (including phenoxy) is 2. The summed E-state index contributed by atoms with van der Waals surface area (Å²) in [4.78, 5) is 16.6. The summed E-state index contributed by atoms with van der Waals surface area (Å²) < 4.78 is 10.8. The van der Waals surface area contributed by atoms with Gasteiger partial charge in [0, 0.05) is 43.4 Å². The van der Waals surface area contributed by atoms with E-state index in [-0.39, 0.29) is 6.03 Å². The van der Waals surface area contributed by atoms with Crippen LogP contribution in [0.25, 0.3) is 0 Å². The van der Waals surface area contributed by atoms with Crippen LogP contribution in [-0.2, 0) is 6.54 Å². The van der Waals surface area contributed by atoms with Gasteiger partial charge in [-0.25, -0.2) is 4.79 Å². The molecule has 0 spiro atoms. The Morgan fingerprint density at radius 2 is 1.85 bits per heavy atom. The quantitative estimate of drug-likeness (QED) is 0.895. The molecular formula is C19H20ClN3O3. The molecule has 2 aromatic rings. The lowest BCUT2D eigenvalue weighted by Crippen LogP contribution is -2.49. The summed E-state index contributed by atoms with van der Waals surface area (Å²) >= 11 is 5.96. The maximum absolute atomic E-state index is 12.4. The highest BCUT2D eigenvalue weighted by Gasteiger charge is 2.22. The number of hydrogen-bond donors (Lipinski definition) is 1. The average molecular weight is 374 g/mol. The fraction of sp³-hybridized carbons (Fsp3) is 0.316. The number of nitrogens with zero attached hydrogens (tertiary/aromatic N) is 2. The molecule has 0 radical (unpaired) electrons. The van der Waals surface area contributed by atoms with Crippen LogP contribution in [0.4, 0.5) is 10.5 Å². The van der Waals surface area contributed by atoms with E-state index < -0.39 is 0 Å². The highest BCUT2D eigenvalue weighted by Crippen LogP contribution is 2.32. The zero-order valence-corrected chi connectivity index (χ0v) is 15.0. The molecule has 0 saturated carbocycles. The molecule has 0 bridgehead atoms. The Balaban J connectivity index is 1.29. The summed E-state index contributed by atoms with van der Waals surface area (Å²) in [6.45, 7) is 4.17. The second-order valence-electron chi connectivity index (χ2n) is 6.39. The van der Waals surface area contributed by atoms with Crippen molar-refractivity contribution in [2.45, 2.75) is 6.54 Å². The number of piperazine rings is 1. The summed E-state index contributed by atoms with van der Waals surface area (Å²) in [5.41, 5.74) is 1.90. The van der Waals surface area contributed by atoms with Gasteiger partial charge in [0.2, 0.25) is 6.79 Å². The molecule has 0 unspecified atom stereocenters. The second kappa shape index (κ2) is 7.43. The molecule has 2 aromatic carbocycles. The fourth-order valence-electron chi connectivity index (χ4n) is 3.18. The number of nitrogens with one attached hydrogen (secondary N) is 1. The summed E-state index contributed by atoms with van der Waals surface area (Å²) in [5.74, 6) is 1.61. The van der Waals surface area contributed by atoms with Crippen molar-refractivity contribution in [1.82, 2.24) is 9.80 Å². The molecule has 7 heteroatoms. The molecule has 2 amide bonds. The number of rotatable bonds is 3. The Morgan fingerprint density at radius 1 is 1.04 bits per heavy atom. The number of carbonyl (C=O) groups is 1. The van der Waals surface area contributed by atoms with E-state index >= 15 is 0 Å². The summed E-state index contributed by atoms with van der Waals surface area (Å²) in [6.07, 6.45) is 0. The summed E-state index contributed by atoms with van der Waals surface area (Å²) in [5, 5.41) is 3.51. The average Bonchev–Trinajstić information content (AvgIpc) is 3.10. The Labute approximate surface area is 157 Å². The van der Waals surface area contributed by atoms with Crippen LogP contribution in [-0.4, -0.2) is 48.8 Å². The standard InChI is InChI=1S/C19H20ClN3O3/c20-15-2-1-3-16(11-15)21-19(24)23-8-6-22(7-9-23)12-14-4-5-17-18(10-14)26-13-25-17/h1-5,10-11H,6-9,12-13H2,(H,21,24). The Hall–Kier alpha value is -2.44. The Kier molecular flexibility index (Phi) is 4.86. The number of hydrogen-bond acceptors (Lipinski definition) is 4. The van der Waals surface area contributed by atoms with E-state index in [0.29, 0.717) is 30.6 Å². The number of anilines is 1. The number of benzene rings is 2. The highest BCUT2D eigenvalue weighted by molar-refractivity contribution is 6.30. The maximum Gasteiger partial charge on any atom is 0.321 e. The third kappa shape index (κ3) is 3.86. The molecule has 2 aliphatic rings. The predicted molar refractivity (Wildman–Crippen MR) is 99.9 cm³/mol. The van der Waals surface area contributed by atoms with Gasteiger partial charge in [-0.3, -0.25) is 4.90 Å². The molecule has 26 heavy (non-hydrogen) atoms. The second-order valence-corrected chi connectivity index (χ2v) is 6.83. The summed E-state index contributed by atoms with van der Waals surface area (Å²) in [7, 11) is 0. The molecule has 1 N–H and O–H groups in total. The lowest BCUT2D eigenvalue weighted by atomic mass is 10.1. The maximum atomic E-state index is 12.4. The highest BCUT2D eigenvalue weighted by atomic mass is 35.5. The van der Waals surface area contributed by atoms with E-state index in [2.05, 4.69) is 16.3 Å². The zero-order valence-electron chi connectivity index (χ0n) is 14.3. The monoisotopic (exact) mass is 373 g/mol. The van der Waals surface area contributed by atoms with Gasteiger partial charge in [0.05, 0.1) is 0 Å². The first-order valence-corrected chi connectivity index (χ1v) is 8.97. The normalized spacial score (nSPS) is 16.6. The molecule has 2 heterocycles. The molecule has 0 atom stereocenters. The summed E-state index contributed by atoms with van der Waals surface area (Å²) in [6, 6.07) is 13.1. The van der Waals surface area contributed by atoms with Crippen LogP contribution >= 0.6 is 11.6 Å². The third-order valence-electron chi connectivity index (χ3n) is 4.58. The van der Waals surface area contributed by atoms with Crippen LogP contribution < -0.4 is 14.8 Å². The van der Waals surface area contributed by atoms with Crippen LogP contribution in [0.3, 0.4) is 0 Å². The molecule has 0 aromatic heterocycles. The van der Waals surface area contributed by atoms with E-state index in [9.17, 15) is 4.79 Å². The minimum Gasteiger partial charge on any atom is -0.454 e. The zero-order chi connectivity index (χ0) is 17.9. The Bertz CT molecular complexity index is 806. The van der Waals surface area contributed by atoms with Crippen LogP contribution in [0.2, 0.25) is 5.02 Å². The first-order chi connectivity index (χ1) is 12.7. The van der Waals surface area contributed by atoms with Gasteiger partial charge in [0.1, 0.15) is 0 Å². The van der Waals surface area contributed by atoms with Crippen LogP contribution in [0.5, 0.6) is 11.5 Å². The van der Waals surface area contributed by atoms with E-state index in [1.807, 2.05) is 29.2 Å². The number of halogens is 1. The van der Waals surface area contributed by atoms with Crippen molar-refractivity contribution in [3.63, 3.8) is 0 Å². The number of carbonyl (C=O) groups excluding carboxylic acids is 1. The van der Waals surface area contributed by atoms with Crippen molar-refractivity contribution in [2.75, 3.05) is 38.3 Å². The van der Waals surface area contributed by atoms with Crippen molar-refractivity contribution in [3.8, 4) is 11.5 Å². The lowest BCUT2D eigenvalue weighted by Gasteiger charge is -2.34. The van der Waals surface area contributed by atoms with Crippen LogP contribution in [0, 0.1) is 0 Å². The van der Waals surface area contributed by atoms with Crippen LogP contribution in [0.15, 0.2) is 42.5 Å². The number of fused-ring (bicyclic) bond motifs is 1. The predicted octanol–water partition coefficient (Wildman–Crippen LogP) is 3.42. The van der Waals surface area contributed by atoms with Gasteiger partial charge >= 0.3 is 6.03 Å². The van der Waals surface area contributed by atoms with Gasteiger partial charge in [-0.15, -0.1) is 0 Å². The molecule has 4 rings (SSSR count). The molecular weight excluding hydrogens is 354 g/mol. The van der Waals surface area contributed by atoms with E-state index in [1.54, 1.807) is 12.1 Å². The largest absolute Gasteiger partial charge is 0.454 e. The van der Waals surface area contributed by atoms with E-state index in [0.717, 1.165) is 31.1 Å². The molecule has 1 fully saturated rings. The van der Waals surface area contributed by atoms with Crippen molar-refractivity contribution >= 4 is 23.3 Å². The minimum absolute atomic E-state index is 0.0880. The first-order valence-electron chi connectivity index (χ1n) is 8.60. The van der Waals surface area contributed by atoms with Crippen molar-refractivity contribution in [3.05, 3.63) is 53.1 Å². The van der Waals surface area contributed by atoms with Gasteiger partial charge < -0.3 is 19.7 Å². The SMILES string of the molecule is O=C(Nc1cccc(Cl)c1)N1CCN(Cc2ccc3c(c2)OCO3)CC1. The fourth-order valence-corrected chi connectivity index (χ4v) is 3.37. The van der Waals surface area contributed by atoms with Crippen molar-refractivity contribution in [2.24, 2.45) is 0 Å². The number of amides is 2. The van der Waals surface area contributed by atoms with Gasteiger partial charge in [-0.2, -0.15) is 0 Å². The van der Waals surface area contributed by atoms with Gasteiger partial charge in [0.15, 0.2) is 11.5 Å². The molecule has 6 nitrogen and oxygen atoms in total. The smallest absolute Gasteiger partial charge is 0.321 e. The first kappa shape index (κ1) is 17.0. The lowest BCUT2D eigenvalue weighted by molar-refractivity contribution is 0.143. The van der Waals surface area contributed by atoms with E-state index in [4.69, 9.17) is 21.1 Å². The third-order valence-corrected chi connectivity index (χ3v) is 4.81. The minimum atomic E-state index is -0.0880. The number of urea groups is 1. The van der Waals surface area contributed by atoms with Crippen molar-refractivity contribution < 1.29 is 14.3 Å².